The summed E-state index contributed by atoms with van der Waals surface area (Å²) in [7, 11) is 0. The average molecular weight is 513 g/mol. The maximum absolute atomic E-state index is 6.56. The maximum Gasteiger partial charge on any atom is 0.139 e. The highest BCUT2D eigenvalue weighted by Crippen LogP contribution is 2.35. The first-order valence-corrected chi connectivity index (χ1v) is 13.5. The van der Waals surface area contributed by atoms with E-state index in [0.717, 1.165) is 38.5 Å². The fourth-order valence-corrected chi connectivity index (χ4v) is 5.23. The van der Waals surface area contributed by atoms with Crippen LogP contribution in [-0.2, 0) is 4.74 Å². The number of aromatic nitrogens is 4. The van der Waals surface area contributed by atoms with Gasteiger partial charge in [0, 0.05) is 11.8 Å². The minimum atomic E-state index is -0.254. The maximum atomic E-state index is 6.56. The quantitative estimate of drug-likeness (QED) is 0.192. The molecule has 37 heavy (non-hydrogen) atoms. The number of thioether (sulfide) groups is 1. The molecule has 1 aliphatic heterocycles. The van der Waals surface area contributed by atoms with E-state index >= 15 is 0 Å². The Labute approximate surface area is 219 Å². The summed E-state index contributed by atoms with van der Waals surface area (Å²) in [6, 6.07) is 20.3. The highest BCUT2D eigenvalue weighted by Gasteiger charge is 2.39. The highest BCUT2D eigenvalue weighted by molar-refractivity contribution is 7.98. The minimum absolute atomic E-state index is 0.179. The molecule has 6 rings (SSSR count). The van der Waals surface area contributed by atoms with Crippen LogP contribution in [0.25, 0.3) is 21.9 Å². The zero-order valence-electron chi connectivity index (χ0n) is 21.0. The van der Waals surface area contributed by atoms with Gasteiger partial charge in [-0.05, 0) is 56.5 Å². The Kier molecular flexibility index (Phi) is 6.44. The van der Waals surface area contributed by atoms with Gasteiger partial charge < -0.3 is 18.8 Å². The van der Waals surface area contributed by atoms with Crippen molar-refractivity contribution in [3.63, 3.8) is 0 Å². The molecule has 0 amide bonds. The third-order valence-electron chi connectivity index (χ3n) is 6.72. The Bertz CT molecular complexity index is 1540. The molecule has 0 saturated carbocycles. The van der Waals surface area contributed by atoms with E-state index in [1.54, 1.807) is 18.1 Å². The van der Waals surface area contributed by atoms with E-state index in [0.29, 0.717) is 13.0 Å². The molecule has 0 aliphatic carbocycles. The van der Waals surface area contributed by atoms with Crippen molar-refractivity contribution < 1.29 is 14.2 Å². The molecule has 8 heteroatoms. The fourth-order valence-electron chi connectivity index (χ4n) is 4.70. The summed E-state index contributed by atoms with van der Waals surface area (Å²) in [6.45, 7) is 4.51. The van der Waals surface area contributed by atoms with Gasteiger partial charge >= 0.3 is 0 Å². The Morgan fingerprint density at radius 1 is 0.919 bits per heavy atom. The molecular formula is C29H28N4O3S. The van der Waals surface area contributed by atoms with Crippen LogP contribution in [0.2, 0.25) is 0 Å². The average Bonchev–Trinajstić information content (AvgIpc) is 3.51. The lowest BCUT2D eigenvalue weighted by atomic mass is 10.1. The SMILES string of the molecule is CSc1ncnc2cc3c(cc12)ncn3[C@H]1C[C@H](Oc2ccc(C)cc2)[C@@H](COc2ccc(C)cc2)O1. The predicted octanol–water partition coefficient (Wildman–Crippen LogP) is 6.13. The topological polar surface area (TPSA) is 71.3 Å². The second kappa shape index (κ2) is 10.0. The molecule has 3 atom stereocenters. The van der Waals surface area contributed by atoms with Gasteiger partial charge in [0.15, 0.2) is 0 Å². The first kappa shape index (κ1) is 23.8. The summed E-state index contributed by atoms with van der Waals surface area (Å²) in [6.07, 6.45) is 5.45. The molecule has 0 unspecified atom stereocenters. The Hall–Kier alpha value is -3.62. The van der Waals surface area contributed by atoms with Gasteiger partial charge in [-0.25, -0.2) is 15.0 Å². The number of nitrogens with zero attached hydrogens (tertiary/aromatic N) is 4. The molecule has 1 saturated heterocycles. The van der Waals surface area contributed by atoms with Crippen LogP contribution in [0.4, 0.5) is 0 Å². The number of rotatable bonds is 7. The van der Waals surface area contributed by atoms with Crippen LogP contribution < -0.4 is 9.47 Å². The summed E-state index contributed by atoms with van der Waals surface area (Å²) in [5.41, 5.74) is 5.13. The van der Waals surface area contributed by atoms with Crippen LogP contribution in [0, 0.1) is 13.8 Å². The summed E-state index contributed by atoms with van der Waals surface area (Å²) < 4.78 is 21.2. The largest absolute Gasteiger partial charge is 0.491 e. The highest BCUT2D eigenvalue weighted by atomic mass is 32.2. The van der Waals surface area contributed by atoms with Crippen LogP contribution in [0.3, 0.4) is 0 Å². The summed E-state index contributed by atoms with van der Waals surface area (Å²) in [4.78, 5) is 13.6. The number of fused-ring (bicyclic) bond motifs is 2. The number of imidazole rings is 1. The number of hydrogen-bond acceptors (Lipinski definition) is 7. The Balaban J connectivity index is 1.29. The molecule has 0 bridgehead atoms. The lowest BCUT2D eigenvalue weighted by Gasteiger charge is -2.20. The standard InChI is InChI=1S/C29H28N4O3S/c1-18-4-8-20(9-5-18)34-15-27-26(35-21-10-6-19(2)7-11-21)14-28(36-27)33-17-32-24-12-22-23(13-25(24)33)30-16-31-29(22)37-3/h4-13,16-17,26-28H,14-15H2,1-3H3/t26-,27+,28+/m0/s1. The van der Waals surface area contributed by atoms with Crippen LogP contribution >= 0.6 is 11.8 Å². The third-order valence-corrected chi connectivity index (χ3v) is 7.43. The monoisotopic (exact) mass is 512 g/mol. The second-order valence-corrected chi connectivity index (χ2v) is 10.1. The third kappa shape index (κ3) is 4.86. The van der Waals surface area contributed by atoms with Crippen LogP contribution in [-0.4, -0.2) is 44.6 Å². The van der Waals surface area contributed by atoms with Crippen molar-refractivity contribution >= 4 is 33.7 Å². The summed E-state index contributed by atoms with van der Waals surface area (Å²) in [5, 5.41) is 1.95. The second-order valence-electron chi connectivity index (χ2n) is 9.35. The zero-order chi connectivity index (χ0) is 25.4. The lowest BCUT2D eigenvalue weighted by Crippen LogP contribution is -2.32. The molecule has 5 aromatic rings. The smallest absolute Gasteiger partial charge is 0.139 e. The van der Waals surface area contributed by atoms with Crippen LogP contribution in [0.5, 0.6) is 11.5 Å². The van der Waals surface area contributed by atoms with E-state index in [1.165, 1.54) is 11.1 Å². The Morgan fingerprint density at radius 2 is 1.65 bits per heavy atom. The van der Waals surface area contributed by atoms with Gasteiger partial charge in [0.05, 0.1) is 22.9 Å². The van der Waals surface area contributed by atoms with Crippen LogP contribution in [0.15, 0.2) is 78.3 Å². The molecule has 2 aromatic heterocycles. The molecular weight excluding hydrogens is 484 g/mol. The predicted molar refractivity (Wildman–Crippen MR) is 145 cm³/mol. The number of hydrogen-bond donors (Lipinski definition) is 0. The molecule has 3 heterocycles. The normalized spacial score (nSPS) is 19.5. The molecule has 3 aromatic carbocycles. The molecule has 1 fully saturated rings. The number of aryl methyl sites for hydroxylation is 2. The van der Waals surface area contributed by atoms with E-state index in [-0.39, 0.29) is 18.4 Å². The Morgan fingerprint density at radius 3 is 2.38 bits per heavy atom. The molecule has 0 radical (unpaired) electrons. The van der Waals surface area contributed by atoms with E-state index in [2.05, 4.69) is 57.6 Å². The molecule has 0 spiro atoms. The van der Waals surface area contributed by atoms with Gasteiger partial charge in [0.2, 0.25) is 0 Å². The fraction of sp³-hybridized carbons (Fsp3) is 0.276. The van der Waals surface area contributed by atoms with Crippen molar-refractivity contribution in [2.24, 2.45) is 0 Å². The van der Waals surface area contributed by atoms with Crippen molar-refractivity contribution in [1.82, 2.24) is 19.5 Å². The van der Waals surface area contributed by atoms with Crippen molar-refractivity contribution in [2.45, 2.75) is 43.7 Å². The van der Waals surface area contributed by atoms with Gasteiger partial charge in [-0.3, -0.25) is 0 Å². The van der Waals surface area contributed by atoms with Gasteiger partial charge in [-0.15, -0.1) is 11.8 Å². The number of ether oxygens (including phenoxy) is 3. The summed E-state index contributed by atoms with van der Waals surface area (Å²) >= 11 is 1.60. The first-order chi connectivity index (χ1) is 18.1. The molecule has 0 N–H and O–H groups in total. The van der Waals surface area contributed by atoms with Gasteiger partial charge in [0.1, 0.15) is 47.9 Å². The van der Waals surface area contributed by atoms with Gasteiger partial charge in [0.25, 0.3) is 0 Å². The van der Waals surface area contributed by atoms with E-state index in [4.69, 9.17) is 14.2 Å². The van der Waals surface area contributed by atoms with Gasteiger partial charge in [-0.2, -0.15) is 0 Å². The van der Waals surface area contributed by atoms with Gasteiger partial charge in [-0.1, -0.05) is 35.4 Å². The minimum Gasteiger partial charge on any atom is -0.491 e. The molecule has 188 valence electrons. The van der Waals surface area contributed by atoms with Crippen molar-refractivity contribution in [3.8, 4) is 11.5 Å². The number of benzene rings is 3. The van der Waals surface area contributed by atoms with E-state index in [9.17, 15) is 0 Å². The zero-order valence-corrected chi connectivity index (χ0v) is 21.8. The lowest BCUT2D eigenvalue weighted by molar-refractivity contribution is -0.0339. The van der Waals surface area contributed by atoms with E-state index in [1.807, 2.05) is 49.0 Å². The molecule has 1 aliphatic rings. The first-order valence-electron chi connectivity index (χ1n) is 12.3. The van der Waals surface area contributed by atoms with Crippen LogP contribution in [0.1, 0.15) is 23.8 Å². The summed E-state index contributed by atoms with van der Waals surface area (Å²) in [5.74, 6) is 1.64. The van der Waals surface area contributed by atoms with Crippen molar-refractivity contribution in [1.29, 1.82) is 0 Å². The van der Waals surface area contributed by atoms with Crippen molar-refractivity contribution in [2.75, 3.05) is 12.9 Å². The van der Waals surface area contributed by atoms with E-state index < -0.39 is 0 Å². The van der Waals surface area contributed by atoms with Crippen molar-refractivity contribution in [3.05, 3.63) is 84.4 Å². The molecule has 7 nitrogen and oxygen atoms in total.